The molecule has 0 saturated heterocycles. The van der Waals surface area contributed by atoms with Gasteiger partial charge < -0.3 is 5.73 Å². The highest BCUT2D eigenvalue weighted by atomic mass is 19.1. The standard InChI is InChI=1S/C14H20FN/c15-14(8-2-1-3-9-14)13-6-4-5-12(11-13)7-10-16/h4-6,11H,1-3,7-10,16H2. The van der Waals surface area contributed by atoms with Crippen LogP contribution in [0.2, 0.25) is 0 Å². The Morgan fingerprint density at radius 3 is 2.62 bits per heavy atom. The van der Waals surface area contributed by atoms with Crippen molar-refractivity contribution >= 4 is 0 Å². The van der Waals surface area contributed by atoms with Crippen LogP contribution in [0.5, 0.6) is 0 Å². The van der Waals surface area contributed by atoms with Gasteiger partial charge in [0, 0.05) is 0 Å². The van der Waals surface area contributed by atoms with Crippen LogP contribution in [0.15, 0.2) is 24.3 Å². The summed E-state index contributed by atoms with van der Waals surface area (Å²) >= 11 is 0. The van der Waals surface area contributed by atoms with Crippen LogP contribution in [0, 0.1) is 0 Å². The molecule has 88 valence electrons. The van der Waals surface area contributed by atoms with E-state index >= 15 is 0 Å². The van der Waals surface area contributed by atoms with E-state index in [9.17, 15) is 4.39 Å². The minimum Gasteiger partial charge on any atom is -0.330 e. The summed E-state index contributed by atoms with van der Waals surface area (Å²) < 4.78 is 14.7. The van der Waals surface area contributed by atoms with Crippen LogP contribution >= 0.6 is 0 Å². The molecule has 2 rings (SSSR count). The number of halogens is 1. The molecule has 0 atom stereocenters. The average molecular weight is 221 g/mol. The fourth-order valence-corrected chi connectivity index (χ4v) is 2.57. The fraction of sp³-hybridized carbons (Fsp3) is 0.571. The van der Waals surface area contributed by atoms with Crippen molar-refractivity contribution in [2.24, 2.45) is 5.73 Å². The van der Waals surface area contributed by atoms with Crippen LogP contribution in [0.1, 0.15) is 43.2 Å². The maximum Gasteiger partial charge on any atom is 0.136 e. The molecule has 0 radical (unpaired) electrons. The van der Waals surface area contributed by atoms with Crippen molar-refractivity contribution in [1.29, 1.82) is 0 Å². The Labute approximate surface area is 96.9 Å². The zero-order valence-corrected chi connectivity index (χ0v) is 9.71. The molecular weight excluding hydrogens is 201 g/mol. The first-order valence-electron chi connectivity index (χ1n) is 6.23. The fourth-order valence-electron chi connectivity index (χ4n) is 2.57. The Morgan fingerprint density at radius 1 is 1.19 bits per heavy atom. The minimum atomic E-state index is -1.08. The molecule has 1 aliphatic carbocycles. The molecular formula is C14H20FN. The molecule has 0 aliphatic heterocycles. The highest BCUT2D eigenvalue weighted by molar-refractivity contribution is 5.29. The first-order valence-corrected chi connectivity index (χ1v) is 6.23. The van der Waals surface area contributed by atoms with Crippen LogP contribution in [0.25, 0.3) is 0 Å². The van der Waals surface area contributed by atoms with Gasteiger partial charge in [0.05, 0.1) is 0 Å². The van der Waals surface area contributed by atoms with Crippen LogP contribution in [0.4, 0.5) is 4.39 Å². The molecule has 2 heteroatoms. The van der Waals surface area contributed by atoms with Gasteiger partial charge in [-0.05, 0) is 49.8 Å². The molecule has 1 aromatic carbocycles. The lowest BCUT2D eigenvalue weighted by Gasteiger charge is -2.30. The summed E-state index contributed by atoms with van der Waals surface area (Å²) in [6.07, 6.45) is 5.39. The van der Waals surface area contributed by atoms with Crippen molar-refractivity contribution < 1.29 is 4.39 Å². The second-order valence-electron chi connectivity index (χ2n) is 4.77. The Kier molecular flexibility index (Phi) is 3.59. The lowest BCUT2D eigenvalue weighted by Crippen LogP contribution is -2.23. The molecule has 0 bridgehead atoms. The molecule has 0 amide bonds. The maximum absolute atomic E-state index is 14.7. The maximum atomic E-state index is 14.7. The van der Waals surface area contributed by atoms with E-state index in [0.29, 0.717) is 19.4 Å². The first kappa shape index (κ1) is 11.6. The summed E-state index contributed by atoms with van der Waals surface area (Å²) in [6.45, 7) is 0.628. The van der Waals surface area contributed by atoms with Gasteiger partial charge in [0.1, 0.15) is 5.67 Å². The third-order valence-corrected chi connectivity index (χ3v) is 3.52. The third-order valence-electron chi connectivity index (χ3n) is 3.52. The largest absolute Gasteiger partial charge is 0.330 e. The zero-order valence-electron chi connectivity index (χ0n) is 9.71. The van der Waals surface area contributed by atoms with Gasteiger partial charge in [-0.3, -0.25) is 0 Å². The van der Waals surface area contributed by atoms with Crippen molar-refractivity contribution in [2.45, 2.75) is 44.2 Å². The molecule has 0 aromatic heterocycles. The molecule has 1 nitrogen and oxygen atoms in total. The number of rotatable bonds is 3. The van der Waals surface area contributed by atoms with E-state index in [0.717, 1.165) is 30.4 Å². The van der Waals surface area contributed by atoms with Crippen molar-refractivity contribution in [2.75, 3.05) is 6.54 Å². The Hall–Kier alpha value is -0.890. The van der Waals surface area contributed by atoms with E-state index in [1.807, 2.05) is 24.3 Å². The SMILES string of the molecule is NCCc1cccc(C2(F)CCCCC2)c1. The van der Waals surface area contributed by atoms with Crippen LogP contribution in [0.3, 0.4) is 0 Å². The van der Waals surface area contributed by atoms with E-state index < -0.39 is 5.67 Å². The lowest BCUT2D eigenvalue weighted by atomic mass is 9.81. The van der Waals surface area contributed by atoms with Crippen molar-refractivity contribution in [1.82, 2.24) is 0 Å². The second-order valence-corrected chi connectivity index (χ2v) is 4.77. The number of hydrogen-bond acceptors (Lipinski definition) is 1. The quantitative estimate of drug-likeness (QED) is 0.832. The molecule has 1 fully saturated rings. The van der Waals surface area contributed by atoms with Crippen molar-refractivity contribution in [3.8, 4) is 0 Å². The summed E-state index contributed by atoms with van der Waals surface area (Å²) in [5, 5.41) is 0. The second kappa shape index (κ2) is 4.96. The molecule has 1 saturated carbocycles. The van der Waals surface area contributed by atoms with Gasteiger partial charge in [-0.15, -0.1) is 0 Å². The van der Waals surface area contributed by atoms with Gasteiger partial charge >= 0.3 is 0 Å². The molecule has 2 N–H and O–H groups in total. The van der Waals surface area contributed by atoms with E-state index in [-0.39, 0.29) is 0 Å². The Morgan fingerprint density at radius 2 is 1.94 bits per heavy atom. The summed E-state index contributed by atoms with van der Waals surface area (Å²) in [7, 11) is 0. The van der Waals surface area contributed by atoms with Gasteiger partial charge in [-0.25, -0.2) is 4.39 Å². The van der Waals surface area contributed by atoms with E-state index in [1.54, 1.807) is 0 Å². The average Bonchev–Trinajstić information content (AvgIpc) is 2.31. The molecule has 16 heavy (non-hydrogen) atoms. The zero-order chi connectivity index (χ0) is 11.4. The number of nitrogens with two attached hydrogens (primary N) is 1. The Balaban J connectivity index is 2.21. The monoisotopic (exact) mass is 221 g/mol. The summed E-state index contributed by atoms with van der Waals surface area (Å²) in [5.41, 5.74) is 6.46. The molecule has 0 unspecified atom stereocenters. The number of alkyl halides is 1. The van der Waals surface area contributed by atoms with E-state index in [4.69, 9.17) is 5.73 Å². The molecule has 1 aromatic rings. The molecule has 0 spiro atoms. The highest BCUT2D eigenvalue weighted by Gasteiger charge is 2.33. The Bertz CT molecular complexity index is 342. The van der Waals surface area contributed by atoms with Crippen molar-refractivity contribution in [3.63, 3.8) is 0 Å². The van der Waals surface area contributed by atoms with Gasteiger partial charge in [-0.2, -0.15) is 0 Å². The lowest BCUT2D eigenvalue weighted by molar-refractivity contribution is 0.106. The third kappa shape index (κ3) is 2.43. The predicted octanol–water partition coefficient (Wildman–Crippen LogP) is 3.32. The minimum absolute atomic E-state index is 0.628. The van der Waals surface area contributed by atoms with E-state index in [1.165, 1.54) is 6.42 Å². The van der Waals surface area contributed by atoms with Gasteiger partial charge in [-0.1, -0.05) is 30.7 Å². The van der Waals surface area contributed by atoms with E-state index in [2.05, 4.69) is 0 Å². The van der Waals surface area contributed by atoms with Gasteiger partial charge in [0.15, 0.2) is 0 Å². The molecule has 1 aliphatic rings. The highest BCUT2D eigenvalue weighted by Crippen LogP contribution is 2.40. The predicted molar refractivity (Wildman–Crippen MR) is 65.1 cm³/mol. The molecule has 0 heterocycles. The topological polar surface area (TPSA) is 26.0 Å². The summed E-state index contributed by atoms with van der Waals surface area (Å²) in [6, 6.07) is 7.91. The van der Waals surface area contributed by atoms with Gasteiger partial charge in [0.25, 0.3) is 0 Å². The summed E-state index contributed by atoms with van der Waals surface area (Å²) in [5.74, 6) is 0. The summed E-state index contributed by atoms with van der Waals surface area (Å²) in [4.78, 5) is 0. The van der Waals surface area contributed by atoms with Gasteiger partial charge in [0.2, 0.25) is 0 Å². The van der Waals surface area contributed by atoms with Crippen LogP contribution in [-0.4, -0.2) is 6.54 Å². The number of benzene rings is 1. The normalized spacial score (nSPS) is 19.6. The smallest absolute Gasteiger partial charge is 0.136 e. The number of hydrogen-bond donors (Lipinski definition) is 1. The van der Waals surface area contributed by atoms with Crippen LogP contribution in [-0.2, 0) is 12.1 Å². The van der Waals surface area contributed by atoms with Crippen molar-refractivity contribution in [3.05, 3.63) is 35.4 Å². The van der Waals surface area contributed by atoms with Crippen LogP contribution < -0.4 is 5.73 Å². The first-order chi connectivity index (χ1) is 7.74.